The van der Waals surface area contributed by atoms with Crippen molar-refractivity contribution in [3.05, 3.63) is 103 Å². The van der Waals surface area contributed by atoms with E-state index in [4.69, 9.17) is 4.98 Å². The molecule has 1 heterocycles. The number of aryl methyl sites for hydroxylation is 1. The van der Waals surface area contributed by atoms with Gasteiger partial charge in [-0.3, -0.25) is 0 Å². The summed E-state index contributed by atoms with van der Waals surface area (Å²) in [6.45, 7) is 6.07. The third-order valence-corrected chi connectivity index (χ3v) is 4.71. The molecule has 3 aromatic carbocycles. The number of pyridine rings is 1. The average molecular weight is 350 g/mol. The van der Waals surface area contributed by atoms with Gasteiger partial charge in [0.1, 0.15) is 0 Å². The number of allylic oxidation sites excluding steroid dienone is 1. The first-order valence-electron chi connectivity index (χ1n) is 9.18. The van der Waals surface area contributed by atoms with Crippen molar-refractivity contribution in [2.24, 2.45) is 0 Å². The van der Waals surface area contributed by atoms with E-state index in [1.54, 1.807) is 0 Å². The lowest BCUT2D eigenvalue weighted by atomic mass is 9.98. The van der Waals surface area contributed by atoms with Gasteiger partial charge in [0.05, 0.1) is 16.9 Å². The predicted octanol–water partition coefficient (Wildman–Crippen LogP) is 6.68. The van der Waals surface area contributed by atoms with E-state index in [1.807, 2.05) is 18.2 Å². The molecular weight excluding hydrogens is 328 g/mol. The van der Waals surface area contributed by atoms with Gasteiger partial charge in [-0.2, -0.15) is 0 Å². The highest BCUT2D eigenvalue weighted by Gasteiger charge is 2.15. The van der Waals surface area contributed by atoms with Crippen LogP contribution < -0.4 is 5.32 Å². The molecule has 0 saturated carbocycles. The van der Waals surface area contributed by atoms with Gasteiger partial charge < -0.3 is 5.32 Å². The maximum Gasteiger partial charge on any atom is 0.0765 e. The van der Waals surface area contributed by atoms with Crippen LogP contribution in [-0.4, -0.2) is 4.98 Å². The van der Waals surface area contributed by atoms with Gasteiger partial charge in [-0.05, 0) is 31.5 Å². The van der Waals surface area contributed by atoms with Gasteiger partial charge in [0, 0.05) is 22.2 Å². The second-order valence-electron chi connectivity index (χ2n) is 6.68. The summed E-state index contributed by atoms with van der Waals surface area (Å²) in [4.78, 5) is 4.99. The molecule has 1 aromatic heterocycles. The number of para-hydroxylation sites is 1. The van der Waals surface area contributed by atoms with Crippen LogP contribution in [0.4, 0.5) is 11.4 Å². The molecule has 0 unspecified atom stereocenters. The van der Waals surface area contributed by atoms with Crippen LogP contribution in [0.15, 0.2) is 91.5 Å². The largest absolute Gasteiger partial charge is 0.355 e. The number of nitrogens with zero attached hydrogens (tertiary/aromatic N) is 1. The highest BCUT2D eigenvalue weighted by Crippen LogP contribution is 2.36. The van der Waals surface area contributed by atoms with Crippen molar-refractivity contribution in [3.63, 3.8) is 0 Å². The molecule has 0 bridgehead atoms. The van der Waals surface area contributed by atoms with Crippen molar-refractivity contribution in [3.8, 4) is 11.3 Å². The normalized spacial score (nSPS) is 10.7. The molecule has 0 aliphatic carbocycles. The summed E-state index contributed by atoms with van der Waals surface area (Å²) in [6.07, 6.45) is 2.69. The Morgan fingerprint density at radius 2 is 1.59 bits per heavy atom. The van der Waals surface area contributed by atoms with Gasteiger partial charge in [-0.15, -0.1) is 6.58 Å². The molecule has 2 heteroatoms. The summed E-state index contributed by atoms with van der Waals surface area (Å²) in [6, 6.07) is 27.1. The highest BCUT2D eigenvalue weighted by molar-refractivity contribution is 5.98. The van der Waals surface area contributed by atoms with Crippen LogP contribution in [-0.2, 0) is 6.42 Å². The van der Waals surface area contributed by atoms with E-state index in [9.17, 15) is 0 Å². The minimum Gasteiger partial charge on any atom is -0.355 e. The van der Waals surface area contributed by atoms with E-state index in [1.165, 1.54) is 5.56 Å². The fourth-order valence-corrected chi connectivity index (χ4v) is 3.35. The first kappa shape index (κ1) is 17.0. The van der Waals surface area contributed by atoms with E-state index in [-0.39, 0.29) is 0 Å². The Morgan fingerprint density at radius 1 is 0.889 bits per heavy atom. The molecule has 0 atom stereocenters. The van der Waals surface area contributed by atoms with Gasteiger partial charge in [0.25, 0.3) is 0 Å². The minimum absolute atomic E-state index is 0.746. The number of nitrogens with one attached hydrogen (secondary N) is 1. The minimum atomic E-state index is 0.746. The molecule has 2 nitrogen and oxygen atoms in total. The Kier molecular flexibility index (Phi) is 4.71. The Bertz CT molecular complexity index is 1080. The quantitative estimate of drug-likeness (QED) is 0.406. The molecule has 0 radical (unpaired) electrons. The van der Waals surface area contributed by atoms with Crippen LogP contribution in [0, 0.1) is 6.92 Å². The molecule has 0 saturated heterocycles. The van der Waals surface area contributed by atoms with Crippen LogP contribution in [0.3, 0.4) is 0 Å². The Labute approximate surface area is 160 Å². The van der Waals surface area contributed by atoms with Gasteiger partial charge >= 0.3 is 0 Å². The van der Waals surface area contributed by atoms with E-state index in [2.05, 4.69) is 85.5 Å². The third-order valence-electron chi connectivity index (χ3n) is 4.71. The van der Waals surface area contributed by atoms with Crippen LogP contribution in [0.5, 0.6) is 0 Å². The molecule has 0 amide bonds. The number of aromatic nitrogens is 1. The standard InChI is InChI=1S/C25H22N2/c1-3-9-22-24(19-10-5-4-6-11-19)27-23-13-8-7-12-21(23)25(22)26-20-16-14-18(2)15-17-20/h3-8,10-17H,1,9H2,2H3,(H,26,27). The molecule has 0 aliphatic heterocycles. The molecule has 0 fully saturated rings. The van der Waals surface area contributed by atoms with Crippen molar-refractivity contribution >= 4 is 22.3 Å². The predicted molar refractivity (Wildman–Crippen MR) is 116 cm³/mol. The van der Waals surface area contributed by atoms with Crippen molar-refractivity contribution < 1.29 is 0 Å². The van der Waals surface area contributed by atoms with Crippen LogP contribution in [0.2, 0.25) is 0 Å². The van der Waals surface area contributed by atoms with Crippen molar-refractivity contribution in [1.29, 1.82) is 0 Å². The van der Waals surface area contributed by atoms with Crippen molar-refractivity contribution in [1.82, 2.24) is 4.98 Å². The lowest BCUT2D eigenvalue weighted by Crippen LogP contribution is -2.02. The molecule has 132 valence electrons. The van der Waals surface area contributed by atoms with Crippen LogP contribution in [0.25, 0.3) is 22.2 Å². The highest BCUT2D eigenvalue weighted by atomic mass is 14.9. The maximum atomic E-state index is 4.99. The molecule has 1 N–H and O–H groups in total. The van der Waals surface area contributed by atoms with Gasteiger partial charge in [-0.1, -0.05) is 72.3 Å². The number of anilines is 2. The molecule has 4 aromatic rings. The smallest absolute Gasteiger partial charge is 0.0765 e. The van der Waals surface area contributed by atoms with E-state index in [0.717, 1.165) is 45.5 Å². The summed E-state index contributed by atoms with van der Waals surface area (Å²) in [5.41, 5.74) is 7.69. The summed E-state index contributed by atoms with van der Waals surface area (Å²) < 4.78 is 0. The zero-order chi connectivity index (χ0) is 18.6. The van der Waals surface area contributed by atoms with Crippen LogP contribution in [0.1, 0.15) is 11.1 Å². The monoisotopic (exact) mass is 350 g/mol. The van der Waals surface area contributed by atoms with Crippen molar-refractivity contribution in [2.45, 2.75) is 13.3 Å². The van der Waals surface area contributed by atoms with Crippen LogP contribution >= 0.6 is 0 Å². The zero-order valence-electron chi connectivity index (χ0n) is 15.4. The van der Waals surface area contributed by atoms with E-state index < -0.39 is 0 Å². The number of hydrogen-bond donors (Lipinski definition) is 1. The summed E-state index contributed by atoms with van der Waals surface area (Å²) >= 11 is 0. The first-order valence-corrected chi connectivity index (χ1v) is 9.18. The topological polar surface area (TPSA) is 24.9 Å². The molecule has 0 aliphatic rings. The summed E-state index contributed by atoms with van der Waals surface area (Å²) in [5.74, 6) is 0. The lowest BCUT2D eigenvalue weighted by Gasteiger charge is -2.18. The van der Waals surface area contributed by atoms with Gasteiger partial charge in [-0.25, -0.2) is 4.98 Å². The first-order chi connectivity index (χ1) is 13.3. The second-order valence-corrected chi connectivity index (χ2v) is 6.68. The van der Waals surface area contributed by atoms with E-state index in [0.29, 0.717) is 0 Å². The van der Waals surface area contributed by atoms with Crippen molar-refractivity contribution in [2.75, 3.05) is 5.32 Å². The fourth-order valence-electron chi connectivity index (χ4n) is 3.35. The number of benzene rings is 3. The SMILES string of the molecule is C=CCc1c(-c2ccccc2)nc2ccccc2c1Nc1ccc(C)cc1. The maximum absolute atomic E-state index is 4.99. The second kappa shape index (κ2) is 7.46. The molecule has 27 heavy (non-hydrogen) atoms. The molecule has 0 spiro atoms. The summed E-state index contributed by atoms with van der Waals surface area (Å²) in [7, 11) is 0. The molecule has 4 rings (SSSR count). The number of hydrogen-bond acceptors (Lipinski definition) is 2. The zero-order valence-corrected chi connectivity index (χ0v) is 15.4. The number of fused-ring (bicyclic) bond motifs is 1. The Hall–Kier alpha value is -3.39. The van der Waals surface area contributed by atoms with Gasteiger partial charge in [0.15, 0.2) is 0 Å². The lowest BCUT2D eigenvalue weighted by molar-refractivity contribution is 1.23. The Morgan fingerprint density at radius 3 is 2.33 bits per heavy atom. The third kappa shape index (κ3) is 3.47. The Balaban J connectivity index is 1.97. The summed E-state index contributed by atoms with van der Waals surface area (Å²) in [5, 5.41) is 4.77. The fraction of sp³-hybridized carbons (Fsp3) is 0.0800. The average Bonchev–Trinajstić information content (AvgIpc) is 2.72. The number of rotatable bonds is 5. The molecular formula is C25H22N2. The van der Waals surface area contributed by atoms with Gasteiger partial charge in [0.2, 0.25) is 0 Å². The van der Waals surface area contributed by atoms with E-state index >= 15 is 0 Å².